The van der Waals surface area contributed by atoms with E-state index in [0.29, 0.717) is 6.04 Å². The Morgan fingerprint density at radius 1 is 1.39 bits per heavy atom. The highest BCUT2D eigenvalue weighted by molar-refractivity contribution is 9.10. The molecule has 1 saturated carbocycles. The van der Waals surface area contributed by atoms with Gasteiger partial charge in [0.1, 0.15) is 4.34 Å². The summed E-state index contributed by atoms with van der Waals surface area (Å²) >= 11 is 11.0. The third kappa shape index (κ3) is 3.94. The Bertz CT molecular complexity index is 358. The minimum atomic E-state index is 0.0156. The Labute approximate surface area is 126 Å². The van der Waals surface area contributed by atoms with Crippen molar-refractivity contribution in [3.63, 3.8) is 0 Å². The molecule has 1 atom stereocenters. The van der Waals surface area contributed by atoms with Gasteiger partial charge >= 0.3 is 0 Å². The highest BCUT2D eigenvalue weighted by Crippen LogP contribution is 2.35. The first-order valence-corrected chi connectivity index (χ1v) is 8.51. The predicted octanol–water partition coefficient (Wildman–Crippen LogP) is 4.51. The van der Waals surface area contributed by atoms with Crippen LogP contribution in [0.5, 0.6) is 0 Å². The van der Waals surface area contributed by atoms with Gasteiger partial charge in [0.2, 0.25) is 0 Å². The summed E-state index contributed by atoms with van der Waals surface area (Å²) in [6, 6.07) is 2.56. The maximum Gasteiger partial charge on any atom is 0.107 e. The summed E-state index contributed by atoms with van der Waals surface area (Å²) in [7, 11) is 0. The number of aliphatic hydroxyl groups excluding tert-OH is 1. The molecule has 2 rings (SSSR count). The van der Waals surface area contributed by atoms with Crippen LogP contribution in [0.3, 0.4) is 0 Å². The molecule has 0 saturated heterocycles. The molecular weight excluding hydrogens is 334 g/mol. The molecule has 1 fully saturated rings. The van der Waals surface area contributed by atoms with E-state index in [4.69, 9.17) is 11.6 Å². The Kier molecular flexibility index (Phi) is 5.96. The lowest BCUT2D eigenvalue weighted by atomic mass is 10.1. The number of thiophene rings is 1. The molecule has 1 heterocycles. The Morgan fingerprint density at radius 2 is 2.06 bits per heavy atom. The molecule has 0 aliphatic heterocycles. The fourth-order valence-electron chi connectivity index (χ4n) is 2.49. The van der Waals surface area contributed by atoms with Crippen molar-refractivity contribution in [3.8, 4) is 0 Å². The molecule has 2 N–H and O–H groups in total. The third-order valence-corrected chi connectivity index (χ3v) is 6.07. The van der Waals surface area contributed by atoms with E-state index in [1.54, 1.807) is 0 Å². The standard InChI is InChI=1S/C13H19BrClNOS/c14-10-7-12(18-13(10)15)11(8-17)16-9-5-3-1-2-4-6-9/h7,9,11,16-17H,1-6,8H2. The van der Waals surface area contributed by atoms with Crippen LogP contribution in [0, 0.1) is 0 Å². The first kappa shape index (κ1) is 14.8. The zero-order valence-corrected chi connectivity index (χ0v) is 13.5. The zero-order valence-electron chi connectivity index (χ0n) is 10.3. The first-order valence-electron chi connectivity index (χ1n) is 6.52. The minimum Gasteiger partial charge on any atom is -0.394 e. The Morgan fingerprint density at radius 3 is 2.56 bits per heavy atom. The second kappa shape index (κ2) is 7.25. The third-order valence-electron chi connectivity index (χ3n) is 3.48. The SMILES string of the molecule is OCC(NC1CCCCCC1)c1cc(Br)c(Cl)s1. The summed E-state index contributed by atoms with van der Waals surface area (Å²) in [5.74, 6) is 0. The number of hydrogen-bond donors (Lipinski definition) is 2. The topological polar surface area (TPSA) is 32.3 Å². The van der Waals surface area contributed by atoms with E-state index < -0.39 is 0 Å². The maximum absolute atomic E-state index is 9.57. The summed E-state index contributed by atoms with van der Waals surface area (Å²) in [5.41, 5.74) is 0. The molecular formula is C13H19BrClNOS. The zero-order chi connectivity index (χ0) is 13.0. The largest absolute Gasteiger partial charge is 0.394 e. The predicted molar refractivity (Wildman–Crippen MR) is 81.5 cm³/mol. The number of halogens is 2. The van der Waals surface area contributed by atoms with Gasteiger partial charge in [0.05, 0.1) is 12.6 Å². The van der Waals surface area contributed by atoms with Crippen LogP contribution in [-0.2, 0) is 0 Å². The average molecular weight is 353 g/mol. The van der Waals surface area contributed by atoms with E-state index in [2.05, 4.69) is 21.2 Å². The summed E-state index contributed by atoms with van der Waals surface area (Å²) in [6.07, 6.45) is 7.72. The van der Waals surface area contributed by atoms with Crippen LogP contribution in [0.4, 0.5) is 0 Å². The van der Waals surface area contributed by atoms with Crippen LogP contribution in [0.25, 0.3) is 0 Å². The maximum atomic E-state index is 9.57. The van der Waals surface area contributed by atoms with Crippen molar-refractivity contribution in [1.29, 1.82) is 0 Å². The highest BCUT2D eigenvalue weighted by Gasteiger charge is 2.20. The molecule has 0 bridgehead atoms. The van der Waals surface area contributed by atoms with E-state index in [1.807, 2.05) is 6.07 Å². The normalized spacial score (nSPS) is 19.7. The fraction of sp³-hybridized carbons (Fsp3) is 0.692. The van der Waals surface area contributed by atoms with Gasteiger partial charge in [0, 0.05) is 15.4 Å². The van der Waals surface area contributed by atoms with Gasteiger partial charge in [-0.2, -0.15) is 0 Å². The van der Waals surface area contributed by atoms with Gasteiger partial charge in [-0.15, -0.1) is 11.3 Å². The molecule has 1 aromatic rings. The number of hydrogen-bond acceptors (Lipinski definition) is 3. The number of nitrogens with one attached hydrogen (secondary N) is 1. The van der Waals surface area contributed by atoms with Crippen LogP contribution >= 0.6 is 38.9 Å². The summed E-state index contributed by atoms with van der Waals surface area (Å²) in [5, 5.41) is 13.1. The second-order valence-corrected chi connectivity index (χ2v) is 7.40. The average Bonchev–Trinajstić information content (AvgIpc) is 2.59. The first-order chi connectivity index (χ1) is 8.70. The van der Waals surface area contributed by atoms with Crippen molar-refractivity contribution in [2.24, 2.45) is 0 Å². The molecule has 5 heteroatoms. The fourth-order valence-corrected chi connectivity index (χ4v) is 4.28. The van der Waals surface area contributed by atoms with Gasteiger partial charge in [-0.25, -0.2) is 0 Å². The number of rotatable bonds is 4. The Balaban J connectivity index is 1.99. The lowest BCUT2D eigenvalue weighted by Crippen LogP contribution is -2.33. The van der Waals surface area contributed by atoms with Gasteiger partial charge in [-0.3, -0.25) is 0 Å². The van der Waals surface area contributed by atoms with Crippen LogP contribution in [0.15, 0.2) is 10.5 Å². The molecule has 0 aromatic carbocycles. The quantitative estimate of drug-likeness (QED) is 0.781. The second-order valence-electron chi connectivity index (χ2n) is 4.86. The summed E-state index contributed by atoms with van der Waals surface area (Å²) < 4.78 is 1.68. The summed E-state index contributed by atoms with van der Waals surface area (Å²) in [4.78, 5) is 1.11. The van der Waals surface area contributed by atoms with Crippen molar-refractivity contribution >= 4 is 38.9 Å². The van der Waals surface area contributed by atoms with Crippen molar-refractivity contribution in [3.05, 3.63) is 19.8 Å². The van der Waals surface area contributed by atoms with Crippen LogP contribution in [0.2, 0.25) is 4.34 Å². The van der Waals surface area contributed by atoms with E-state index in [1.165, 1.54) is 49.9 Å². The van der Waals surface area contributed by atoms with Crippen molar-refractivity contribution in [1.82, 2.24) is 5.32 Å². The van der Waals surface area contributed by atoms with Gasteiger partial charge in [-0.1, -0.05) is 37.3 Å². The molecule has 1 unspecified atom stereocenters. The molecule has 0 amide bonds. The molecule has 0 radical (unpaired) electrons. The molecule has 1 aliphatic rings. The van der Waals surface area contributed by atoms with Crippen LogP contribution in [-0.4, -0.2) is 17.8 Å². The number of aliphatic hydroxyl groups is 1. The van der Waals surface area contributed by atoms with Crippen molar-refractivity contribution in [2.75, 3.05) is 6.61 Å². The van der Waals surface area contributed by atoms with E-state index in [9.17, 15) is 5.11 Å². The molecule has 0 spiro atoms. The molecule has 1 aromatic heterocycles. The molecule has 1 aliphatic carbocycles. The molecule has 102 valence electrons. The lowest BCUT2D eigenvalue weighted by molar-refractivity contribution is 0.230. The van der Waals surface area contributed by atoms with Crippen molar-refractivity contribution < 1.29 is 5.11 Å². The van der Waals surface area contributed by atoms with Gasteiger partial charge < -0.3 is 10.4 Å². The van der Waals surface area contributed by atoms with Gasteiger partial charge in [0.15, 0.2) is 0 Å². The van der Waals surface area contributed by atoms with Gasteiger partial charge in [0.25, 0.3) is 0 Å². The van der Waals surface area contributed by atoms with Crippen LogP contribution < -0.4 is 5.32 Å². The van der Waals surface area contributed by atoms with Crippen molar-refractivity contribution in [2.45, 2.75) is 50.6 Å². The van der Waals surface area contributed by atoms with E-state index in [0.717, 1.165) is 13.7 Å². The Hall–Kier alpha value is 0.390. The molecule has 2 nitrogen and oxygen atoms in total. The summed E-state index contributed by atoms with van der Waals surface area (Å²) in [6.45, 7) is 0.125. The highest BCUT2D eigenvalue weighted by atomic mass is 79.9. The monoisotopic (exact) mass is 351 g/mol. The molecule has 18 heavy (non-hydrogen) atoms. The van der Waals surface area contributed by atoms with Crippen LogP contribution in [0.1, 0.15) is 49.4 Å². The van der Waals surface area contributed by atoms with E-state index in [-0.39, 0.29) is 12.6 Å². The van der Waals surface area contributed by atoms with Gasteiger partial charge in [-0.05, 0) is 34.8 Å². The van der Waals surface area contributed by atoms with E-state index >= 15 is 0 Å². The minimum absolute atomic E-state index is 0.0156. The smallest absolute Gasteiger partial charge is 0.107 e. The lowest BCUT2D eigenvalue weighted by Gasteiger charge is -2.22.